The van der Waals surface area contributed by atoms with Gasteiger partial charge in [-0.05, 0) is 44.4 Å². The van der Waals surface area contributed by atoms with Gasteiger partial charge in [0.2, 0.25) is 0 Å². The van der Waals surface area contributed by atoms with Crippen LogP contribution in [0.1, 0.15) is 33.8 Å². The zero-order valence-electron chi connectivity index (χ0n) is 10.5. The van der Waals surface area contributed by atoms with E-state index in [-0.39, 0.29) is 5.91 Å². The second-order valence-electron chi connectivity index (χ2n) is 4.82. The summed E-state index contributed by atoms with van der Waals surface area (Å²) >= 11 is 1.57. The fraction of sp³-hybridized carbons (Fsp3) is 0.615. The summed E-state index contributed by atoms with van der Waals surface area (Å²) in [6, 6.07) is 4.25. The Bertz CT molecular complexity index is 402. The Hall–Kier alpha value is -0.870. The third-order valence-electron chi connectivity index (χ3n) is 3.69. The number of hydrogen-bond acceptors (Lipinski definition) is 3. The molecule has 2 rings (SSSR count). The highest BCUT2D eigenvalue weighted by Crippen LogP contribution is 2.30. The smallest absolute Gasteiger partial charge is 0.263 e. The normalized spacial score (nSPS) is 23.9. The molecule has 1 aliphatic carbocycles. The quantitative estimate of drug-likeness (QED) is 0.897. The molecule has 1 aromatic rings. The molecular formula is C13H20N2OS. The van der Waals surface area contributed by atoms with E-state index in [4.69, 9.17) is 5.73 Å². The van der Waals surface area contributed by atoms with Crippen molar-refractivity contribution in [2.75, 3.05) is 13.6 Å². The van der Waals surface area contributed by atoms with Crippen LogP contribution in [0.4, 0.5) is 0 Å². The average molecular weight is 252 g/mol. The van der Waals surface area contributed by atoms with E-state index >= 15 is 0 Å². The lowest BCUT2D eigenvalue weighted by molar-refractivity contribution is 0.0705. The lowest BCUT2D eigenvalue weighted by atomic mass is 10.0. The Morgan fingerprint density at radius 1 is 1.53 bits per heavy atom. The van der Waals surface area contributed by atoms with E-state index < -0.39 is 0 Å². The lowest BCUT2D eigenvalue weighted by Gasteiger charge is -2.28. The van der Waals surface area contributed by atoms with Crippen molar-refractivity contribution in [3.63, 3.8) is 0 Å². The number of nitrogens with two attached hydrogens (primary N) is 1. The molecule has 3 nitrogen and oxygen atoms in total. The van der Waals surface area contributed by atoms with Gasteiger partial charge < -0.3 is 10.6 Å². The first-order valence-electron chi connectivity index (χ1n) is 6.17. The van der Waals surface area contributed by atoms with Gasteiger partial charge in [-0.15, -0.1) is 11.3 Å². The van der Waals surface area contributed by atoms with Crippen molar-refractivity contribution < 1.29 is 4.79 Å². The van der Waals surface area contributed by atoms with Crippen LogP contribution in [0.3, 0.4) is 0 Å². The third-order valence-corrected chi connectivity index (χ3v) is 4.68. The molecule has 1 aromatic heterocycles. The lowest BCUT2D eigenvalue weighted by Crippen LogP contribution is -2.41. The van der Waals surface area contributed by atoms with Crippen molar-refractivity contribution in [3.8, 4) is 0 Å². The van der Waals surface area contributed by atoms with E-state index in [1.165, 1.54) is 11.3 Å². The molecule has 1 aliphatic rings. The maximum atomic E-state index is 12.3. The Balaban J connectivity index is 2.09. The molecule has 2 atom stereocenters. The van der Waals surface area contributed by atoms with Crippen LogP contribution in [-0.4, -0.2) is 30.4 Å². The van der Waals surface area contributed by atoms with E-state index in [0.29, 0.717) is 18.5 Å². The molecule has 0 aromatic carbocycles. The molecule has 2 N–H and O–H groups in total. The minimum absolute atomic E-state index is 0.147. The monoisotopic (exact) mass is 252 g/mol. The highest BCUT2D eigenvalue weighted by Gasteiger charge is 2.32. The molecule has 4 heteroatoms. The molecule has 2 unspecified atom stereocenters. The molecule has 0 bridgehead atoms. The predicted octanol–water partition coefficient (Wildman–Crippen LogP) is 2.26. The predicted molar refractivity (Wildman–Crippen MR) is 71.3 cm³/mol. The topological polar surface area (TPSA) is 46.3 Å². The summed E-state index contributed by atoms with van der Waals surface area (Å²) in [6.45, 7) is 2.71. The first-order chi connectivity index (χ1) is 8.13. The number of carbonyl (C=O) groups is 1. The summed E-state index contributed by atoms with van der Waals surface area (Å²) in [6.07, 6.45) is 3.43. The van der Waals surface area contributed by atoms with Crippen molar-refractivity contribution in [2.45, 2.75) is 32.2 Å². The zero-order chi connectivity index (χ0) is 12.4. The van der Waals surface area contributed by atoms with E-state index in [2.05, 4.69) is 0 Å². The van der Waals surface area contributed by atoms with Crippen molar-refractivity contribution in [2.24, 2.45) is 11.7 Å². The van der Waals surface area contributed by atoms with Gasteiger partial charge in [0, 0.05) is 18.0 Å². The number of rotatable bonds is 3. The van der Waals surface area contributed by atoms with E-state index in [1.54, 1.807) is 11.3 Å². The molecule has 0 spiro atoms. The van der Waals surface area contributed by atoms with Gasteiger partial charge in [0.15, 0.2) is 0 Å². The molecule has 17 heavy (non-hydrogen) atoms. The van der Waals surface area contributed by atoms with Crippen LogP contribution in [0.5, 0.6) is 0 Å². The van der Waals surface area contributed by atoms with Crippen LogP contribution >= 0.6 is 11.3 Å². The molecule has 0 radical (unpaired) electrons. The largest absolute Gasteiger partial charge is 0.338 e. The van der Waals surface area contributed by atoms with E-state index in [9.17, 15) is 4.79 Å². The Morgan fingerprint density at radius 3 is 2.88 bits per heavy atom. The summed E-state index contributed by atoms with van der Waals surface area (Å²) in [4.78, 5) is 16.2. The molecule has 1 fully saturated rings. The molecular weight excluding hydrogens is 232 g/mol. The van der Waals surface area contributed by atoms with Gasteiger partial charge >= 0.3 is 0 Å². The molecule has 1 amide bonds. The van der Waals surface area contributed by atoms with Crippen LogP contribution < -0.4 is 5.73 Å². The van der Waals surface area contributed by atoms with Crippen molar-refractivity contribution in [3.05, 3.63) is 21.9 Å². The molecule has 1 saturated carbocycles. The standard InChI is InChI=1S/C13H20N2OS/c1-9-6-7-12(17-9)13(16)15(2)11-5-3-4-10(11)8-14/h6-7,10-11H,3-5,8,14H2,1-2H3. The number of hydrogen-bond donors (Lipinski definition) is 1. The summed E-state index contributed by atoms with van der Waals surface area (Å²) in [5, 5.41) is 0. The van der Waals surface area contributed by atoms with Crippen molar-refractivity contribution >= 4 is 17.2 Å². The number of carbonyl (C=O) groups excluding carboxylic acids is 1. The number of nitrogens with zero attached hydrogens (tertiary/aromatic N) is 1. The first-order valence-corrected chi connectivity index (χ1v) is 6.98. The van der Waals surface area contributed by atoms with E-state index in [0.717, 1.165) is 17.7 Å². The Kier molecular flexibility index (Phi) is 3.84. The van der Waals surface area contributed by atoms with Gasteiger partial charge in [0.05, 0.1) is 4.88 Å². The van der Waals surface area contributed by atoms with Gasteiger partial charge in [0.1, 0.15) is 0 Å². The Morgan fingerprint density at radius 2 is 2.29 bits per heavy atom. The number of aryl methyl sites for hydroxylation is 1. The summed E-state index contributed by atoms with van der Waals surface area (Å²) in [7, 11) is 1.91. The van der Waals surface area contributed by atoms with Gasteiger partial charge in [0.25, 0.3) is 5.91 Å². The summed E-state index contributed by atoms with van der Waals surface area (Å²) in [5.74, 6) is 0.624. The fourth-order valence-electron chi connectivity index (χ4n) is 2.68. The van der Waals surface area contributed by atoms with Crippen LogP contribution in [-0.2, 0) is 0 Å². The third kappa shape index (κ3) is 2.53. The van der Waals surface area contributed by atoms with Crippen molar-refractivity contribution in [1.29, 1.82) is 0 Å². The average Bonchev–Trinajstić information content (AvgIpc) is 2.95. The molecule has 0 aliphatic heterocycles. The maximum absolute atomic E-state index is 12.3. The van der Waals surface area contributed by atoms with Crippen LogP contribution in [0.2, 0.25) is 0 Å². The molecule has 1 heterocycles. The summed E-state index contributed by atoms with van der Waals surface area (Å²) in [5.41, 5.74) is 5.77. The highest BCUT2D eigenvalue weighted by molar-refractivity contribution is 7.13. The Labute approximate surface area is 107 Å². The van der Waals surface area contributed by atoms with Crippen LogP contribution in [0, 0.1) is 12.8 Å². The minimum Gasteiger partial charge on any atom is -0.338 e. The van der Waals surface area contributed by atoms with Gasteiger partial charge in [-0.1, -0.05) is 6.42 Å². The summed E-state index contributed by atoms with van der Waals surface area (Å²) < 4.78 is 0. The fourth-order valence-corrected chi connectivity index (χ4v) is 3.53. The SMILES string of the molecule is Cc1ccc(C(=O)N(C)C2CCCC2CN)s1. The highest BCUT2D eigenvalue weighted by atomic mass is 32.1. The second kappa shape index (κ2) is 5.19. The molecule has 0 saturated heterocycles. The van der Waals surface area contributed by atoms with Gasteiger partial charge in [-0.25, -0.2) is 0 Å². The number of thiophene rings is 1. The zero-order valence-corrected chi connectivity index (χ0v) is 11.3. The van der Waals surface area contributed by atoms with Gasteiger partial charge in [-0.2, -0.15) is 0 Å². The van der Waals surface area contributed by atoms with Crippen LogP contribution in [0.15, 0.2) is 12.1 Å². The van der Waals surface area contributed by atoms with E-state index in [1.807, 2.05) is 31.0 Å². The second-order valence-corrected chi connectivity index (χ2v) is 6.11. The van der Waals surface area contributed by atoms with Gasteiger partial charge in [-0.3, -0.25) is 4.79 Å². The maximum Gasteiger partial charge on any atom is 0.263 e. The van der Waals surface area contributed by atoms with Crippen LogP contribution in [0.25, 0.3) is 0 Å². The minimum atomic E-state index is 0.147. The number of amides is 1. The van der Waals surface area contributed by atoms with Crippen molar-refractivity contribution in [1.82, 2.24) is 4.90 Å². The first kappa shape index (κ1) is 12.6. The molecule has 94 valence electrons.